The summed E-state index contributed by atoms with van der Waals surface area (Å²) in [6.45, 7) is 0. The Morgan fingerprint density at radius 2 is 1.69 bits per heavy atom. The van der Waals surface area contributed by atoms with Gasteiger partial charge in [-0.2, -0.15) is 0 Å². The van der Waals surface area contributed by atoms with Crippen molar-refractivity contribution in [2.75, 3.05) is 10.0 Å². The van der Waals surface area contributed by atoms with Crippen LogP contribution < -0.4 is 10.0 Å². The molecule has 3 aromatic carbocycles. The summed E-state index contributed by atoms with van der Waals surface area (Å²) in [7, 11) is -3.74. The van der Waals surface area contributed by atoms with E-state index in [-0.39, 0.29) is 15.6 Å². The Bertz CT molecular complexity index is 1310. The van der Waals surface area contributed by atoms with Crippen molar-refractivity contribution in [1.29, 1.82) is 0 Å². The van der Waals surface area contributed by atoms with Gasteiger partial charge < -0.3 is 5.32 Å². The largest absolute Gasteiger partial charge is 0.322 e. The van der Waals surface area contributed by atoms with E-state index in [0.717, 1.165) is 11.3 Å². The average molecular weight is 427 g/mol. The highest BCUT2D eigenvalue weighted by Gasteiger charge is 2.17. The molecule has 0 spiro atoms. The summed E-state index contributed by atoms with van der Waals surface area (Å²) in [6.07, 6.45) is 0. The van der Waals surface area contributed by atoms with Crippen molar-refractivity contribution in [1.82, 2.24) is 4.98 Å². The van der Waals surface area contributed by atoms with Gasteiger partial charge in [-0.15, -0.1) is 0 Å². The van der Waals surface area contributed by atoms with Crippen LogP contribution in [0.15, 0.2) is 77.7 Å². The van der Waals surface area contributed by atoms with E-state index in [0.29, 0.717) is 15.9 Å². The second-order valence-electron chi connectivity index (χ2n) is 6.05. The number of nitrogens with one attached hydrogen (secondary N) is 2. The molecule has 29 heavy (non-hydrogen) atoms. The number of amides is 1. The molecule has 146 valence electrons. The number of hydrogen-bond acceptors (Lipinski definition) is 5. The van der Waals surface area contributed by atoms with E-state index in [2.05, 4.69) is 15.0 Å². The molecule has 0 saturated carbocycles. The van der Waals surface area contributed by atoms with Crippen LogP contribution in [0.2, 0.25) is 0 Å². The standard InChI is InChI=1S/C20H14FN3O3S2/c21-16-9-5-4-8-15(16)19(25)22-13-10-11-17-18(12-13)28-20(23-17)24-29(26,27)14-6-2-1-3-7-14/h1-12H,(H,22,25)(H,23,24). The van der Waals surface area contributed by atoms with Gasteiger partial charge in [-0.1, -0.05) is 41.7 Å². The molecular weight excluding hydrogens is 413 g/mol. The van der Waals surface area contributed by atoms with Crippen LogP contribution in [-0.2, 0) is 10.0 Å². The molecule has 0 atom stereocenters. The van der Waals surface area contributed by atoms with E-state index in [4.69, 9.17) is 0 Å². The van der Waals surface area contributed by atoms with E-state index >= 15 is 0 Å². The summed E-state index contributed by atoms with van der Waals surface area (Å²) >= 11 is 1.13. The first-order valence-corrected chi connectivity index (χ1v) is 10.8. The summed E-state index contributed by atoms with van der Waals surface area (Å²) in [6, 6.07) is 18.6. The van der Waals surface area contributed by atoms with Gasteiger partial charge in [-0.25, -0.2) is 17.8 Å². The maximum absolute atomic E-state index is 13.8. The number of thiazole rings is 1. The topological polar surface area (TPSA) is 88.2 Å². The Hall–Kier alpha value is -3.30. The Morgan fingerprint density at radius 1 is 0.966 bits per heavy atom. The van der Waals surface area contributed by atoms with Crippen molar-refractivity contribution in [2.45, 2.75) is 4.90 Å². The first kappa shape index (κ1) is 19.0. The number of anilines is 2. The molecule has 4 rings (SSSR count). The lowest BCUT2D eigenvalue weighted by Gasteiger charge is -2.05. The zero-order valence-corrected chi connectivity index (χ0v) is 16.4. The number of carbonyl (C=O) groups excluding carboxylic acids is 1. The number of hydrogen-bond donors (Lipinski definition) is 2. The molecule has 0 saturated heterocycles. The van der Waals surface area contributed by atoms with Crippen molar-refractivity contribution in [3.05, 3.63) is 84.2 Å². The lowest BCUT2D eigenvalue weighted by atomic mass is 10.2. The van der Waals surface area contributed by atoms with E-state index in [9.17, 15) is 17.6 Å². The Morgan fingerprint density at radius 3 is 2.45 bits per heavy atom. The molecule has 0 bridgehead atoms. The number of rotatable bonds is 5. The number of carbonyl (C=O) groups is 1. The van der Waals surface area contributed by atoms with Crippen LogP contribution in [0, 0.1) is 5.82 Å². The maximum Gasteiger partial charge on any atom is 0.263 e. The molecule has 0 aliphatic heterocycles. The van der Waals surface area contributed by atoms with Crippen molar-refractivity contribution in [3.8, 4) is 0 Å². The average Bonchev–Trinajstić information content (AvgIpc) is 3.09. The van der Waals surface area contributed by atoms with Crippen LogP contribution in [0.25, 0.3) is 10.2 Å². The van der Waals surface area contributed by atoms with Gasteiger partial charge in [0.1, 0.15) is 5.82 Å². The third-order valence-corrected chi connectivity index (χ3v) is 6.46. The highest BCUT2D eigenvalue weighted by molar-refractivity contribution is 7.93. The number of fused-ring (bicyclic) bond motifs is 1. The summed E-state index contributed by atoms with van der Waals surface area (Å²) in [5, 5.41) is 2.85. The molecular formula is C20H14FN3O3S2. The number of benzene rings is 3. The first-order chi connectivity index (χ1) is 13.9. The molecule has 0 aliphatic carbocycles. The van der Waals surface area contributed by atoms with E-state index < -0.39 is 21.7 Å². The second kappa shape index (κ2) is 7.61. The lowest BCUT2D eigenvalue weighted by molar-refractivity contribution is 0.102. The van der Waals surface area contributed by atoms with Crippen LogP contribution in [0.1, 0.15) is 10.4 Å². The van der Waals surface area contributed by atoms with E-state index in [1.165, 1.54) is 30.3 Å². The Labute approximate surface area is 170 Å². The molecule has 0 unspecified atom stereocenters. The fraction of sp³-hybridized carbons (Fsp3) is 0. The second-order valence-corrected chi connectivity index (χ2v) is 8.77. The molecule has 0 fully saturated rings. The van der Waals surface area contributed by atoms with Crippen LogP contribution >= 0.6 is 11.3 Å². The van der Waals surface area contributed by atoms with Crippen molar-refractivity contribution >= 4 is 48.3 Å². The molecule has 1 aromatic heterocycles. The molecule has 1 amide bonds. The molecule has 1 heterocycles. The van der Waals surface area contributed by atoms with Gasteiger partial charge in [0.05, 0.1) is 20.7 Å². The molecule has 4 aromatic rings. The van der Waals surface area contributed by atoms with Crippen molar-refractivity contribution < 1.29 is 17.6 Å². The van der Waals surface area contributed by atoms with Gasteiger partial charge in [-0.05, 0) is 42.5 Å². The summed E-state index contributed by atoms with van der Waals surface area (Å²) in [5.41, 5.74) is 0.963. The van der Waals surface area contributed by atoms with Gasteiger partial charge in [0.15, 0.2) is 5.13 Å². The predicted molar refractivity (Wildman–Crippen MR) is 111 cm³/mol. The maximum atomic E-state index is 13.8. The van der Waals surface area contributed by atoms with Crippen LogP contribution in [0.3, 0.4) is 0 Å². The van der Waals surface area contributed by atoms with Gasteiger partial charge >= 0.3 is 0 Å². The number of nitrogens with zero attached hydrogens (tertiary/aromatic N) is 1. The lowest BCUT2D eigenvalue weighted by Crippen LogP contribution is -2.13. The molecule has 6 nitrogen and oxygen atoms in total. The summed E-state index contributed by atoms with van der Waals surface area (Å²) in [4.78, 5) is 16.7. The monoisotopic (exact) mass is 427 g/mol. The number of halogens is 1. The van der Waals surface area contributed by atoms with Crippen molar-refractivity contribution in [2.24, 2.45) is 0 Å². The Kier molecular flexibility index (Phi) is 4.99. The Balaban J connectivity index is 1.57. The number of aromatic nitrogens is 1. The SMILES string of the molecule is O=C(Nc1ccc2nc(NS(=O)(=O)c3ccccc3)sc2c1)c1ccccc1F. The third-order valence-electron chi connectivity index (χ3n) is 4.04. The van der Waals surface area contributed by atoms with Gasteiger partial charge in [-0.3, -0.25) is 9.52 Å². The summed E-state index contributed by atoms with van der Waals surface area (Å²) in [5.74, 6) is -1.18. The van der Waals surface area contributed by atoms with Gasteiger partial charge in [0.2, 0.25) is 0 Å². The minimum Gasteiger partial charge on any atom is -0.322 e. The van der Waals surface area contributed by atoms with Crippen molar-refractivity contribution in [3.63, 3.8) is 0 Å². The summed E-state index contributed by atoms with van der Waals surface area (Å²) < 4.78 is 41.8. The smallest absolute Gasteiger partial charge is 0.263 e. The van der Waals surface area contributed by atoms with Gasteiger partial charge in [0, 0.05) is 5.69 Å². The van der Waals surface area contributed by atoms with Gasteiger partial charge in [0.25, 0.3) is 15.9 Å². The van der Waals surface area contributed by atoms with Crippen LogP contribution in [0.5, 0.6) is 0 Å². The zero-order chi connectivity index (χ0) is 20.4. The fourth-order valence-electron chi connectivity index (χ4n) is 2.66. The van der Waals surface area contributed by atoms with Crippen LogP contribution in [-0.4, -0.2) is 19.3 Å². The zero-order valence-electron chi connectivity index (χ0n) is 14.8. The minimum atomic E-state index is -3.74. The quantitative estimate of drug-likeness (QED) is 0.491. The molecule has 9 heteroatoms. The van der Waals surface area contributed by atoms with E-state index in [1.54, 1.807) is 42.5 Å². The molecule has 2 N–H and O–H groups in total. The fourth-order valence-corrected chi connectivity index (χ4v) is 4.82. The molecule has 0 aliphatic rings. The minimum absolute atomic E-state index is 0.0618. The molecule has 0 radical (unpaired) electrons. The van der Waals surface area contributed by atoms with E-state index in [1.807, 2.05) is 0 Å². The van der Waals surface area contributed by atoms with Crippen LogP contribution in [0.4, 0.5) is 15.2 Å². The highest BCUT2D eigenvalue weighted by Crippen LogP contribution is 2.30. The highest BCUT2D eigenvalue weighted by atomic mass is 32.2. The number of sulfonamides is 1. The normalized spacial score (nSPS) is 11.3. The third kappa shape index (κ3) is 4.10. The first-order valence-electron chi connectivity index (χ1n) is 8.47. The predicted octanol–water partition coefficient (Wildman–Crippen LogP) is 4.49.